The first-order valence-electron chi connectivity index (χ1n) is 4.41. The molecule has 0 amide bonds. The van der Waals surface area contributed by atoms with E-state index in [1.807, 2.05) is 13.8 Å². The van der Waals surface area contributed by atoms with Gasteiger partial charge in [0.15, 0.2) is 5.76 Å². The van der Waals surface area contributed by atoms with Gasteiger partial charge < -0.3 is 9.15 Å². The standard InChI is InChI=1S/C10H14O3/c1-3-6-12-7-9(11)10-5-4-8(2)13-10/h4-5H,3,6-7H2,1-2H3. The summed E-state index contributed by atoms with van der Waals surface area (Å²) in [7, 11) is 0. The quantitative estimate of drug-likeness (QED) is 0.517. The molecule has 0 N–H and O–H groups in total. The maximum absolute atomic E-state index is 11.3. The molecule has 1 aromatic heterocycles. The highest BCUT2D eigenvalue weighted by Gasteiger charge is 2.09. The number of rotatable bonds is 5. The van der Waals surface area contributed by atoms with E-state index >= 15 is 0 Å². The highest BCUT2D eigenvalue weighted by atomic mass is 16.5. The molecule has 0 unspecified atom stereocenters. The first kappa shape index (κ1) is 9.99. The normalized spacial score (nSPS) is 10.3. The van der Waals surface area contributed by atoms with Gasteiger partial charge in [0.1, 0.15) is 12.4 Å². The predicted octanol–water partition coefficient (Wildman–Crippen LogP) is 2.20. The second kappa shape index (κ2) is 4.82. The molecule has 3 heteroatoms. The predicted molar refractivity (Wildman–Crippen MR) is 48.9 cm³/mol. The molecule has 1 aromatic rings. The molecule has 0 aromatic carbocycles. The number of aryl methyl sites for hydroxylation is 1. The van der Waals surface area contributed by atoms with Crippen molar-refractivity contribution < 1.29 is 13.9 Å². The summed E-state index contributed by atoms with van der Waals surface area (Å²) in [5.41, 5.74) is 0. The highest BCUT2D eigenvalue weighted by molar-refractivity contribution is 5.94. The number of carbonyl (C=O) groups excluding carboxylic acids is 1. The van der Waals surface area contributed by atoms with Crippen molar-refractivity contribution in [3.8, 4) is 0 Å². The van der Waals surface area contributed by atoms with Crippen LogP contribution in [-0.4, -0.2) is 19.0 Å². The summed E-state index contributed by atoms with van der Waals surface area (Å²) >= 11 is 0. The van der Waals surface area contributed by atoms with Gasteiger partial charge in [-0.3, -0.25) is 4.79 Å². The summed E-state index contributed by atoms with van der Waals surface area (Å²) in [6.07, 6.45) is 0.921. The molecule has 0 aliphatic rings. The Bertz CT molecular complexity index is 275. The Balaban J connectivity index is 2.40. The molecule has 0 aliphatic heterocycles. The van der Waals surface area contributed by atoms with Gasteiger partial charge in [-0.25, -0.2) is 0 Å². The SMILES string of the molecule is CCCOCC(=O)c1ccc(C)o1. The lowest BCUT2D eigenvalue weighted by molar-refractivity contribution is 0.0733. The topological polar surface area (TPSA) is 39.4 Å². The molecule has 72 valence electrons. The van der Waals surface area contributed by atoms with Gasteiger partial charge >= 0.3 is 0 Å². The van der Waals surface area contributed by atoms with Gasteiger partial charge in [-0.1, -0.05) is 6.92 Å². The fraction of sp³-hybridized carbons (Fsp3) is 0.500. The van der Waals surface area contributed by atoms with Crippen LogP contribution in [-0.2, 0) is 4.74 Å². The third-order valence-electron chi connectivity index (χ3n) is 1.60. The molecule has 0 aliphatic carbocycles. The van der Waals surface area contributed by atoms with Crippen LogP contribution in [0, 0.1) is 6.92 Å². The summed E-state index contributed by atoms with van der Waals surface area (Å²) in [6.45, 7) is 4.54. The van der Waals surface area contributed by atoms with Crippen molar-refractivity contribution in [1.82, 2.24) is 0 Å². The van der Waals surface area contributed by atoms with Crippen LogP contribution in [0.2, 0.25) is 0 Å². The summed E-state index contributed by atoms with van der Waals surface area (Å²) in [4.78, 5) is 11.3. The van der Waals surface area contributed by atoms with E-state index in [0.717, 1.165) is 12.2 Å². The van der Waals surface area contributed by atoms with Crippen molar-refractivity contribution >= 4 is 5.78 Å². The number of furan rings is 1. The molecule has 0 fully saturated rings. The summed E-state index contributed by atoms with van der Waals surface area (Å²) in [5.74, 6) is 1.04. The second-order valence-corrected chi connectivity index (χ2v) is 2.89. The molecule has 0 atom stereocenters. The Morgan fingerprint density at radius 3 is 2.85 bits per heavy atom. The van der Waals surface area contributed by atoms with Gasteiger partial charge in [0, 0.05) is 6.61 Å². The summed E-state index contributed by atoms with van der Waals surface area (Å²) < 4.78 is 10.2. The van der Waals surface area contributed by atoms with Crippen molar-refractivity contribution in [3.63, 3.8) is 0 Å². The van der Waals surface area contributed by atoms with Crippen LogP contribution < -0.4 is 0 Å². The van der Waals surface area contributed by atoms with E-state index in [0.29, 0.717) is 12.4 Å². The number of Topliss-reactive ketones (excluding diaryl/α,β-unsaturated/α-hetero) is 1. The van der Waals surface area contributed by atoms with Crippen molar-refractivity contribution in [2.45, 2.75) is 20.3 Å². The fourth-order valence-electron chi connectivity index (χ4n) is 0.965. The lowest BCUT2D eigenvalue weighted by atomic mass is 10.3. The van der Waals surface area contributed by atoms with Gasteiger partial charge in [0.05, 0.1) is 0 Å². The van der Waals surface area contributed by atoms with Crippen molar-refractivity contribution in [3.05, 3.63) is 23.7 Å². The summed E-state index contributed by atoms with van der Waals surface area (Å²) in [6, 6.07) is 3.44. The van der Waals surface area contributed by atoms with Crippen LogP contribution in [0.3, 0.4) is 0 Å². The second-order valence-electron chi connectivity index (χ2n) is 2.89. The minimum absolute atomic E-state index is 0.0958. The van der Waals surface area contributed by atoms with Crippen molar-refractivity contribution in [2.24, 2.45) is 0 Å². The molecule has 0 bridgehead atoms. The first-order chi connectivity index (χ1) is 6.24. The molecule has 0 saturated heterocycles. The number of ketones is 1. The summed E-state index contributed by atoms with van der Waals surface area (Å²) in [5, 5.41) is 0. The van der Waals surface area contributed by atoms with Gasteiger partial charge in [0.25, 0.3) is 0 Å². The molecule has 0 radical (unpaired) electrons. The zero-order valence-electron chi connectivity index (χ0n) is 8.00. The first-order valence-corrected chi connectivity index (χ1v) is 4.41. The number of carbonyl (C=O) groups is 1. The monoisotopic (exact) mass is 182 g/mol. The Hall–Kier alpha value is -1.09. The molecule has 1 heterocycles. The van der Waals surface area contributed by atoms with Crippen LogP contribution in [0.4, 0.5) is 0 Å². The number of hydrogen-bond donors (Lipinski definition) is 0. The largest absolute Gasteiger partial charge is 0.458 e. The molecule has 0 saturated carbocycles. The zero-order valence-corrected chi connectivity index (χ0v) is 8.00. The van der Waals surface area contributed by atoms with Crippen LogP contribution in [0.5, 0.6) is 0 Å². The van der Waals surface area contributed by atoms with Gasteiger partial charge in [-0.2, -0.15) is 0 Å². The molecule has 3 nitrogen and oxygen atoms in total. The third kappa shape index (κ3) is 3.03. The van der Waals surface area contributed by atoms with E-state index in [4.69, 9.17) is 9.15 Å². The Kier molecular flexibility index (Phi) is 3.71. The lowest BCUT2D eigenvalue weighted by Crippen LogP contribution is -2.08. The molecular formula is C10H14O3. The van der Waals surface area contributed by atoms with E-state index in [9.17, 15) is 4.79 Å². The smallest absolute Gasteiger partial charge is 0.223 e. The van der Waals surface area contributed by atoms with Crippen LogP contribution in [0.1, 0.15) is 29.7 Å². The number of ether oxygens (including phenoxy) is 1. The maximum atomic E-state index is 11.3. The van der Waals surface area contributed by atoms with E-state index < -0.39 is 0 Å². The number of hydrogen-bond acceptors (Lipinski definition) is 3. The van der Waals surface area contributed by atoms with Crippen molar-refractivity contribution in [1.29, 1.82) is 0 Å². The van der Waals surface area contributed by atoms with Gasteiger partial charge in [-0.05, 0) is 25.5 Å². The van der Waals surface area contributed by atoms with E-state index in [1.165, 1.54) is 0 Å². The minimum Gasteiger partial charge on any atom is -0.458 e. The van der Waals surface area contributed by atoms with E-state index in [-0.39, 0.29) is 12.4 Å². The average molecular weight is 182 g/mol. The zero-order chi connectivity index (χ0) is 9.68. The average Bonchev–Trinajstić information content (AvgIpc) is 2.52. The molecule has 0 spiro atoms. The van der Waals surface area contributed by atoms with Crippen LogP contribution in [0.15, 0.2) is 16.5 Å². The van der Waals surface area contributed by atoms with Crippen LogP contribution in [0.25, 0.3) is 0 Å². The Morgan fingerprint density at radius 1 is 1.54 bits per heavy atom. The van der Waals surface area contributed by atoms with Gasteiger partial charge in [-0.15, -0.1) is 0 Å². The van der Waals surface area contributed by atoms with Crippen molar-refractivity contribution in [2.75, 3.05) is 13.2 Å². The third-order valence-corrected chi connectivity index (χ3v) is 1.60. The van der Waals surface area contributed by atoms with E-state index in [1.54, 1.807) is 12.1 Å². The highest BCUT2D eigenvalue weighted by Crippen LogP contribution is 2.06. The van der Waals surface area contributed by atoms with Gasteiger partial charge in [0.2, 0.25) is 5.78 Å². The maximum Gasteiger partial charge on any atom is 0.223 e. The lowest BCUT2D eigenvalue weighted by Gasteiger charge is -1.98. The molecule has 13 heavy (non-hydrogen) atoms. The molecule has 1 rings (SSSR count). The Morgan fingerprint density at radius 2 is 2.31 bits per heavy atom. The van der Waals surface area contributed by atoms with Crippen LogP contribution >= 0.6 is 0 Å². The Labute approximate surface area is 77.7 Å². The minimum atomic E-state index is -0.0958. The molecular weight excluding hydrogens is 168 g/mol. The van der Waals surface area contributed by atoms with E-state index in [2.05, 4.69) is 0 Å². The fourth-order valence-corrected chi connectivity index (χ4v) is 0.965.